The third-order valence-electron chi connectivity index (χ3n) is 4.13. The second kappa shape index (κ2) is 7.09. The van der Waals surface area contributed by atoms with Gasteiger partial charge in [-0.25, -0.2) is 4.98 Å². The average Bonchev–Trinajstić information content (AvgIpc) is 3.15. The van der Waals surface area contributed by atoms with Gasteiger partial charge in [0.15, 0.2) is 9.50 Å². The minimum absolute atomic E-state index is 0.0278. The van der Waals surface area contributed by atoms with E-state index < -0.39 is 0 Å². The molecule has 0 aliphatic carbocycles. The van der Waals surface area contributed by atoms with Crippen LogP contribution in [0.3, 0.4) is 0 Å². The van der Waals surface area contributed by atoms with Crippen molar-refractivity contribution in [2.24, 2.45) is 0 Å². The molecule has 1 saturated heterocycles. The van der Waals surface area contributed by atoms with E-state index in [1.54, 1.807) is 11.8 Å². The summed E-state index contributed by atoms with van der Waals surface area (Å²) in [5, 5.41) is 13.4. The monoisotopic (exact) mass is 366 g/mol. The van der Waals surface area contributed by atoms with E-state index in [4.69, 9.17) is 0 Å². The van der Waals surface area contributed by atoms with Crippen molar-refractivity contribution >= 4 is 23.3 Å². The SMILES string of the molecule is CC(C)n1c(Sc2nc(C(C)(C)C)ns2)nnc1C1CCCNC1. The van der Waals surface area contributed by atoms with Gasteiger partial charge in [0, 0.05) is 23.9 Å². The maximum absolute atomic E-state index is 4.68. The summed E-state index contributed by atoms with van der Waals surface area (Å²) in [6.07, 6.45) is 2.37. The van der Waals surface area contributed by atoms with Gasteiger partial charge >= 0.3 is 0 Å². The van der Waals surface area contributed by atoms with Gasteiger partial charge in [-0.05, 0) is 56.5 Å². The van der Waals surface area contributed by atoms with Gasteiger partial charge in [0.2, 0.25) is 0 Å². The van der Waals surface area contributed by atoms with Crippen LogP contribution in [-0.2, 0) is 5.41 Å². The maximum atomic E-state index is 4.68. The number of hydrogen-bond acceptors (Lipinski definition) is 7. The van der Waals surface area contributed by atoms with E-state index in [-0.39, 0.29) is 5.41 Å². The first-order valence-electron chi connectivity index (χ1n) is 8.54. The van der Waals surface area contributed by atoms with E-state index >= 15 is 0 Å². The molecular formula is C16H26N6S2. The maximum Gasteiger partial charge on any atom is 0.198 e. The second-order valence-electron chi connectivity index (χ2n) is 7.58. The van der Waals surface area contributed by atoms with E-state index in [0.717, 1.165) is 34.2 Å². The van der Waals surface area contributed by atoms with Crippen molar-refractivity contribution in [2.75, 3.05) is 13.1 Å². The van der Waals surface area contributed by atoms with Gasteiger partial charge in [0.1, 0.15) is 11.6 Å². The van der Waals surface area contributed by atoms with E-state index in [2.05, 4.69) is 64.1 Å². The highest BCUT2D eigenvalue weighted by molar-refractivity contribution is 8.00. The number of aromatic nitrogens is 5. The fraction of sp³-hybridized carbons (Fsp3) is 0.750. The second-order valence-corrected chi connectivity index (χ2v) is 9.55. The highest BCUT2D eigenvalue weighted by Crippen LogP contribution is 2.34. The molecule has 1 fully saturated rings. The Morgan fingerprint density at radius 2 is 2.08 bits per heavy atom. The van der Waals surface area contributed by atoms with Gasteiger partial charge in [-0.15, -0.1) is 10.2 Å². The van der Waals surface area contributed by atoms with Crippen LogP contribution in [0.25, 0.3) is 0 Å². The fourth-order valence-corrected chi connectivity index (χ4v) is 4.69. The van der Waals surface area contributed by atoms with Crippen LogP contribution in [0, 0.1) is 0 Å². The Morgan fingerprint density at radius 3 is 2.67 bits per heavy atom. The van der Waals surface area contributed by atoms with Gasteiger partial charge in [-0.2, -0.15) is 4.37 Å². The topological polar surface area (TPSA) is 68.5 Å². The lowest BCUT2D eigenvalue weighted by Crippen LogP contribution is -2.30. The van der Waals surface area contributed by atoms with Crippen molar-refractivity contribution in [1.82, 2.24) is 29.4 Å². The molecule has 1 unspecified atom stereocenters. The van der Waals surface area contributed by atoms with E-state index in [1.807, 2.05) is 0 Å². The number of nitrogens with zero attached hydrogens (tertiary/aromatic N) is 5. The van der Waals surface area contributed by atoms with Gasteiger partial charge in [0.25, 0.3) is 0 Å². The van der Waals surface area contributed by atoms with E-state index in [9.17, 15) is 0 Å². The summed E-state index contributed by atoms with van der Waals surface area (Å²) >= 11 is 3.02. The minimum atomic E-state index is -0.0278. The summed E-state index contributed by atoms with van der Waals surface area (Å²) in [6.45, 7) is 12.9. The summed E-state index contributed by atoms with van der Waals surface area (Å²) in [4.78, 5) is 4.68. The molecule has 0 bridgehead atoms. The van der Waals surface area contributed by atoms with E-state index in [0.29, 0.717) is 12.0 Å². The van der Waals surface area contributed by atoms with Crippen molar-refractivity contribution < 1.29 is 0 Å². The van der Waals surface area contributed by atoms with Gasteiger partial charge in [-0.1, -0.05) is 20.8 Å². The van der Waals surface area contributed by atoms with Crippen molar-refractivity contribution in [2.45, 2.75) is 74.3 Å². The molecule has 8 heteroatoms. The molecule has 0 radical (unpaired) electrons. The number of nitrogens with one attached hydrogen (secondary N) is 1. The van der Waals surface area contributed by atoms with Gasteiger partial charge < -0.3 is 9.88 Å². The summed E-state index contributed by atoms with van der Waals surface area (Å²) in [6, 6.07) is 0.328. The van der Waals surface area contributed by atoms with Crippen molar-refractivity contribution in [3.63, 3.8) is 0 Å². The molecule has 24 heavy (non-hydrogen) atoms. The Labute approximate surface area is 152 Å². The van der Waals surface area contributed by atoms with Gasteiger partial charge in [0.05, 0.1) is 0 Å². The molecule has 1 N–H and O–H groups in total. The molecule has 0 saturated carbocycles. The van der Waals surface area contributed by atoms with Crippen LogP contribution in [0.1, 0.15) is 71.1 Å². The van der Waals surface area contributed by atoms with Crippen LogP contribution in [0.5, 0.6) is 0 Å². The van der Waals surface area contributed by atoms with Crippen LogP contribution in [-0.4, -0.2) is 37.2 Å². The molecule has 1 aliphatic rings. The third-order valence-corrected chi connectivity index (χ3v) is 5.84. The smallest absolute Gasteiger partial charge is 0.198 e. The zero-order chi connectivity index (χ0) is 17.3. The lowest BCUT2D eigenvalue weighted by atomic mass is 9.96. The first-order chi connectivity index (χ1) is 11.4. The average molecular weight is 367 g/mol. The molecule has 3 rings (SSSR count). The molecule has 2 aromatic heterocycles. The molecule has 1 atom stereocenters. The summed E-state index contributed by atoms with van der Waals surface area (Å²) < 4.78 is 7.69. The number of rotatable bonds is 4. The third kappa shape index (κ3) is 3.81. The normalized spacial score (nSPS) is 19.2. The summed E-state index contributed by atoms with van der Waals surface area (Å²) in [5.74, 6) is 2.44. The molecular weight excluding hydrogens is 340 g/mol. The lowest BCUT2D eigenvalue weighted by molar-refractivity contribution is 0.414. The van der Waals surface area contributed by atoms with Gasteiger partial charge in [-0.3, -0.25) is 0 Å². The standard InChI is InChI=1S/C16H26N6S2/c1-10(2)22-12(11-7-6-8-17-9-11)19-20-14(22)23-15-18-13(21-24-15)16(3,4)5/h10-11,17H,6-9H2,1-5H3. The van der Waals surface area contributed by atoms with Crippen LogP contribution in [0.4, 0.5) is 0 Å². The fourth-order valence-electron chi connectivity index (χ4n) is 2.83. The lowest BCUT2D eigenvalue weighted by Gasteiger charge is -2.24. The van der Waals surface area contributed by atoms with Crippen LogP contribution in [0.2, 0.25) is 0 Å². The predicted molar refractivity (Wildman–Crippen MR) is 98.0 cm³/mol. The van der Waals surface area contributed by atoms with Crippen LogP contribution in [0.15, 0.2) is 9.50 Å². The molecule has 2 aromatic rings. The summed E-state index contributed by atoms with van der Waals surface area (Å²) in [7, 11) is 0. The Hall–Kier alpha value is -0.990. The van der Waals surface area contributed by atoms with E-state index in [1.165, 1.54) is 24.4 Å². The zero-order valence-electron chi connectivity index (χ0n) is 15.0. The Bertz CT molecular complexity index is 679. The highest BCUT2D eigenvalue weighted by atomic mass is 32.2. The van der Waals surface area contributed by atoms with Crippen LogP contribution >= 0.6 is 23.3 Å². The molecule has 1 aliphatic heterocycles. The molecule has 3 heterocycles. The van der Waals surface area contributed by atoms with Crippen LogP contribution < -0.4 is 5.32 Å². The molecule has 132 valence electrons. The Balaban J connectivity index is 1.85. The minimum Gasteiger partial charge on any atom is -0.316 e. The largest absolute Gasteiger partial charge is 0.316 e. The summed E-state index contributed by atoms with van der Waals surface area (Å²) in [5.41, 5.74) is -0.0278. The zero-order valence-corrected chi connectivity index (χ0v) is 16.7. The first kappa shape index (κ1) is 17.8. The molecule has 0 amide bonds. The quantitative estimate of drug-likeness (QED) is 0.891. The molecule has 0 spiro atoms. The molecule has 6 nitrogen and oxygen atoms in total. The van der Waals surface area contributed by atoms with Crippen molar-refractivity contribution in [3.05, 3.63) is 11.6 Å². The highest BCUT2D eigenvalue weighted by Gasteiger charge is 2.26. The Kier molecular flexibility index (Phi) is 5.27. The predicted octanol–water partition coefficient (Wildman–Crippen LogP) is 3.63. The first-order valence-corrected chi connectivity index (χ1v) is 10.1. The molecule has 0 aromatic carbocycles. The van der Waals surface area contributed by atoms with Crippen molar-refractivity contribution in [1.29, 1.82) is 0 Å². The number of piperidine rings is 1. The number of hydrogen-bond donors (Lipinski definition) is 1. The van der Waals surface area contributed by atoms with Crippen molar-refractivity contribution in [3.8, 4) is 0 Å². The Morgan fingerprint density at radius 1 is 1.29 bits per heavy atom.